The highest BCUT2D eigenvalue weighted by Crippen LogP contribution is 2.33. The number of nitrogens with one attached hydrogen (secondary N) is 3. The molecule has 0 saturated carbocycles. The van der Waals surface area contributed by atoms with E-state index in [1.165, 1.54) is 14.0 Å². The fourth-order valence-electron chi connectivity index (χ4n) is 3.51. The number of aliphatic carboxylic acids is 1. The Bertz CT molecular complexity index is 1010. The van der Waals surface area contributed by atoms with Crippen LogP contribution in [-0.2, 0) is 15.3 Å². The number of carbonyl (C=O) groups is 3. The first kappa shape index (κ1) is 25.7. The number of para-hydroxylation sites is 1. The van der Waals surface area contributed by atoms with E-state index in [1.807, 2.05) is 50.1 Å². The van der Waals surface area contributed by atoms with Gasteiger partial charge < -0.3 is 25.8 Å². The van der Waals surface area contributed by atoms with Gasteiger partial charge in [0.05, 0.1) is 12.8 Å². The summed E-state index contributed by atoms with van der Waals surface area (Å²) in [5.41, 5.74) is 1.90. The van der Waals surface area contributed by atoms with Crippen LogP contribution in [0.5, 0.6) is 5.75 Å². The van der Waals surface area contributed by atoms with Gasteiger partial charge in [0.25, 0.3) is 0 Å². The number of nitrogens with zero attached hydrogens (tertiary/aromatic N) is 1. The van der Waals surface area contributed by atoms with Crippen LogP contribution in [0.2, 0.25) is 0 Å². The Hall–Kier alpha value is -3.59. The van der Waals surface area contributed by atoms with E-state index in [0.717, 1.165) is 11.1 Å². The lowest BCUT2D eigenvalue weighted by atomic mass is 9.98. The molecule has 9 nitrogen and oxygen atoms in total. The standard InChI is InChI=1S/C24H32N4O5/c1-16-9-6-7-10-19(16)25-23(32)26-20-13-12-18(15-21(20)33-5)24(3,27-17(2)29)28(4)14-8-11-22(30)31/h6-7,9-10,12-13,15H,8,11,14H2,1-5H3,(H,27,29)(H,30,31)(H2,25,26,32). The Labute approximate surface area is 194 Å². The van der Waals surface area contributed by atoms with Gasteiger partial charge in [-0.25, -0.2) is 4.79 Å². The van der Waals surface area contributed by atoms with Crippen molar-refractivity contribution in [2.75, 3.05) is 31.3 Å². The summed E-state index contributed by atoms with van der Waals surface area (Å²) in [6, 6.07) is 12.3. The molecule has 2 aromatic rings. The number of ether oxygens (including phenoxy) is 1. The van der Waals surface area contributed by atoms with Gasteiger partial charge in [-0.05, 0) is 56.6 Å². The number of anilines is 2. The maximum absolute atomic E-state index is 12.5. The molecule has 1 atom stereocenters. The fourth-order valence-corrected chi connectivity index (χ4v) is 3.51. The van der Waals surface area contributed by atoms with Crippen LogP contribution in [-0.4, -0.2) is 48.6 Å². The first-order valence-electron chi connectivity index (χ1n) is 10.6. The number of aryl methyl sites for hydroxylation is 1. The molecule has 0 heterocycles. The van der Waals surface area contributed by atoms with Crippen LogP contribution in [0.4, 0.5) is 16.2 Å². The largest absolute Gasteiger partial charge is 0.495 e. The maximum atomic E-state index is 12.5. The molecule has 0 aliphatic rings. The normalized spacial score (nSPS) is 12.5. The molecule has 1 unspecified atom stereocenters. The summed E-state index contributed by atoms with van der Waals surface area (Å²) in [5, 5.41) is 17.5. The molecule has 2 aromatic carbocycles. The first-order valence-corrected chi connectivity index (χ1v) is 10.6. The zero-order valence-electron chi connectivity index (χ0n) is 19.7. The number of carboxylic acid groups (broad SMARTS) is 1. The van der Waals surface area contributed by atoms with Gasteiger partial charge in [0.1, 0.15) is 11.4 Å². The van der Waals surface area contributed by atoms with E-state index in [4.69, 9.17) is 9.84 Å². The van der Waals surface area contributed by atoms with Gasteiger partial charge in [0.2, 0.25) is 5.91 Å². The van der Waals surface area contributed by atoms with E-state index in [2.05, 4.69) is 16.0 Å². The van der Waals surface area contributed by atoms with Crippen molar-refractivity contribution < 1.29 is 24.2 Å². The van der Waals surface area contributed by atoms with Crippen LogP contribution in [0.25, 0.3) is 0 Å². The number of urea groups is 1. The third-order valence-corrected chi connectivity index (χ3v) is 5.47. The SMILES string of the molecule is COc1cc(C(C)(NC(C)=O)N(C)CCCC(=O)O)ccc1NC(=O)Nc1ccccc1C. The minimum Gasteiger partial charge on any atom is -0.495 e. The van der Waals surface area contributed by atoms with Gasteiger partial charge in [-0.2, -0.15) is 0 Å². The minimum absolute atomic E-state index is 0.0304. The molecule has 9 heteroatoms. The van der Waals surface area contributed by atoms with Crippen LogP contribution in [0.3, 0.4) is 0 Å². The monoisotopic (exact) mass is 456 g/mol. The van der Waals surface area contributed by atoms with Crippen LogP contribution < -0.4 is 20.7 Å². The highest BCUT2D eigenvalue weighted by Gasteiger charge is 2.33. The highest BCUT2D eigenvalue weighted by atomic mass is 16.5. The van der Waals surface area contributed by atoms with E-state index in [0.29, 0.717) is 30.1 Å². The Kier molecular flexibility index (Phi) is 8.81. The van der Waals surface area contributed by atoms with Crippen molar-refractivity contribution in [3.8, 4) is 5.75 Å². The predicted octanol–water partition coefficient (Wildman–Crippen LogP) is 3.75. The molecule has 2 rings (SSSR count). The van der Waals surface area contributed by atoms with Gasteiger partial charge in [0, 0.05) is 25.6 Å². The van der Waals surface area contributed by atoms with E-state index < -0.39 is 17.7 Å². The van der Waals surface area contributed by atoms with E-state index in [-0.39, 0.29) is 12.3 Å². The second-order valence-electron chi connectivity index (χ2n) is 7.98. The molecule has 0 aromatic heterocycles. The van der Waals surface area contributed by atoms with Crippen molar-refractivity contribution in [1.82, 2.24) is 10.2 Å². The summed E-state index contributed by atoms with van der Waals surface area (Å²) in [4.78, 5) is 37.2. The van der Waals surface area contributed by atoms with Crippen LogP contribution in [0.1, 0.15) is 37.8 Å². The van der Waals surface area contributed by atoms with Gasteiger partial charge in [-0.3, -0.25) is 14.5 Å². The molecule has 0 aliphatic carbocycles. The lowest BCUT2D eigenvalue weighted by Gasteiger charge is -2.40. The van der Waals surface area contributed by atoms with Crippen molar-refractivity contribution in [3.63, 3.8) is 0 Å². The number of amides is 3. The van der Waals surface area contributed by atoms with Gasteiger partial charge in [-0.1, -0.05) is 24.3 Å². The molecule has 0 fully saturated rings. The molecule has 4 N–H and O–H groups in total. The lowest BCUT2D eigenvalue weighted by molar-refractivity contribution is -0.137. The molecule has 0 radical (unpaired) electrons. The molecule has 0 aliphatic heterocycles. The van der Waals surface area contributed by atoms with Crippen molar-refractivity contribution in [2.45, 2.75) is 39.3 Å². The van der Waals surface area contributed by atoms with Gasteiger partial charge >= 0.3 is 12.0 Å². The quantitative estimate of drug-likeness (QED) is 0.404. The third-order valence-electron chi connectivity index (χ3n) is 5.47. The average molecular weight is 457 g/mol. The van der Waals surface area contributed by atoms with Crippen LogP contribution in [0, 0.1) is 6.92 Å². The molecule has 0 spiro atoms. The van der Waals surface area contributed by atoms with Gasteiger partial charge in [0.15, 0.2) is 0 Å². The Morgan fingerprint density at radius 2 is 1.76 bits per heavy atom. The predicted molar refractivity (Wildman–Crippen MR) is 127 cm³/mol. The molecule has 3 amide bonds. The van der Waals surface area contributed by atoms with Crippen molar-refractivity contribution in [2.24, 2.45) is 0 Å². The third kappa shape index (κ3) is 6.95. The number of rotatable bonds is 10. The van der Waals surface area contributed by atoms with E-state index >= 15 is 0 Å². The van der Waals surface area contributed by atoms with E-state index in [9.17, 15) is 14.4 Å². The molecule has 0 bridgehead atoms. The summed E-state index contributed by atoms with van der Waals surface area (Å²) in [5.74, 6) is -0.685. The first-order chi connectivity index (χ1) is 15.6. The zero-order chi connectivity index (χ0) is 24.6. The maximum Gasteiger partial charge on any atom is 0.323 e. The zero-order valence-corrected chi connectivity index (χ0v) is 19.7. The number of methoxy groups -OCH3 is 1. The number of carboxylic acids is 1. The fraction of sp³-hybridized carbons (Fsp3) is 0.375. The van der Waals surface area contributed by atoms with Crippen molar-refractivity contribution >= 4 is 29.3 Å². The van der Waals surface area contributed by atoms with Crippen LogP contribution >= 0.6 is 0 Å². The number of carbonyl (C=O) groups excluding carboxylic acids is 2. The Morgan fingerprint density at radius 3 is 2.36 bits per heavy atom. The summed E-state index contributed by atoms with van der Waals surface area (Å²) in [7, 11) is 3.31. The number of benzene rings is 2. The summed E-state index contributed by atoms with van der Waals surface area (Å²) < 4.78 is 5.50. The topological polar surface area (TPSA) is 120 Å². The average Bonchev–Trinajstić information content (AvgIpc) is 2.74. The molecule has 33 heavy (non-hydrogen) atoms. The number of hydrogen-bond acceptors (Lipinski definition) is 5. The number of hydrogen-bond donors (Lipinski definition) is 4. The second kappa shape index (κ2) is 11.3. The van der Waals surface area contributed by atoms with Crippen molar-refractivity contribution in [1.29, 1.82) is 0 Å². The van der Waals surface area contributed by atoms with Crippen LogP contribution in [0.15, 0.2) is 42.5 Å². The Morgan fingerprint density at radius 1 is 1.09 bits per heavy atom. The molecular weight excluding hydrogens is 424 g/mol. The molecular formula is C24H32N4O5. The van der Waals surface area contributed by atoms with Crippen molar-refractivity contribution in [3.05, 3.63) is 53.6 Å². The highest BCUT2D eigenvalue weighted by molar-refractivity contribution is 6.01. The summed E-state index contributed by atoms with van der Waals surface area (Å²) in [6.07, 6.45) is 0.458. The summed E-state index contributed by atoms with van der Waals surface area (Å²) in [6.45, 7) is 5.61. The Balaban J connectivity index is 2.26. The summed E-state index contributed by atoms with van der Waals surface area (Å²) >= 11 is 0. The van der Waals surface area contributed by atoms with Gasteiger partial charge in [-0.15, -0.1) is 0 Å². The molecule has 178 valence electrons. The lowest BCUT2D eigenvalue weighted by Crippen LogP contribution is -2.54. The smallest absolute Gasteiger partial charge is 0.323 e. The minimum atomic E-state index is -0.917. The molecule has 0 saturated heterocycles. The second-order valence-corrected chi connectivity index (χ2v) is 7.98. The van der Waals surface area contributed by atoms with E-state index in [1.54, 1.807) is 18.2 Å².